The number of nitrogens with one attached hydrogen (secondary N) is 2. The largest absolute Gasteiger partial charge is 0.340 e. The number of nitriles is 1. The van der Waals surface area contributed by atoms with E-state index < -0.39 is 7.92 Å². The summed E-state index contributed by atoms with van der Waals surface area (Å²) in [6.07, 6.45) is 2.75. The van der Waals surface area contributed by atoms with Gasteiger partial charge in [-0.25, -0.2) is 4.98 Å². The lowest BCUT2D eigenvalue weighted by Gasteiger charge is -2.16. The van der Waals surface area contributed by atoms with E-state index in [4.69, 9.17) is 5.26 Å². The van der Waals surface area contributed by atoms with Crippen molar-refractivity contribution in [1.29, 1.82) is 5.26 Å². The molecule has 0 amide bonds. The molecule has 0 aliphatic rings. The summed E-state index contributed by atoms with van der Waals surface area (Å²) in [6.45, 7) is 4.29. The predicted molar refractivity (Wildman–Crippen MR) is 160 cm³/mol. The van der Waals surface area contributed by atoms with Crippen molar-refractivity contribution in [3.8, 4) is 6.07 Å². The Hall–Kier alpha value is -4.52. The van der Waals surface area contributed by atoms with Gasteiger partial charge in [0, 0.05) is 17.6 Å². The van der Waals surface area contributed by atoms with E-state index in [2.05, 4.69) is 113 Å². The van der Waals surface area contributed by atoms with E-state index in [1.165, 1.54) is 27.3 Å². The smallest absolute Gasteiger partial charge is 0.229 e. The zero-order valence-corrected chi connectivity index (χ0v) is 22.4. The quantitative estimate of drug-likeness (QED) is 0.222. The normalized spacial score (nSPS) is 10.7. The summed E-state index contributed by atoms with van der Waals surface area (Å²) in [6, 6.07) is 37.6. The van der Waals surface area contributed by atoms with E-state index in [-0.39, 0.29) is 0 Å². The maximum atomic E-state index is 9.00. The molecule has 0 atom stereocenters. The fourth-order valence-electron chi connectivity index (χ4n) is 4.58. The molecule has 6 heteroatoms. The Morgan fingerprint density at radius 2 is 1.37 bits per heavy atom. The second-order valence-electron chi connectivity index (χ2n) is 9.20. The molecule has 0 fully saturated rings. The van der Waals surface area contributed by atoms with E-state index in [9.17, 15) is 0 Å². The van der Waals surface area contributed by atoms with Crippen LogP contribution < -0.4 is 21.2 Å². The Balaban J connectivity index is 1.36. The van der Waals surface area contributed by atoms with Gasteiger partial charge in [0.05, 0.1) is 36.3 Å². The van der Waals surface area contributed by atoms with Crippen LogP contribution in [0.2, 0.25) is 0 Å². The average molecular weight is 515 g/mol. The molecule has 1 aromatic heterocycles. The minimum Gasteiger partial charge on any atom is -0.340 e. The third-order valence-corrected chi connectivity index (χ3v) is 9.22. The summed E-state index contributed by atoms with van der Waals surface area (Å²) >= 11 is 0. The first kappa shape index (κ1) is 25.1. The third kappa shape index (κ3) is 6.06. The molecule has 0 bridgehead atoms. The van der Waals surface area contributed by atoms with Crippen molar-refractivity contribution >= 4 is 41.7 Å². The Kier molecular flexibility index (Phi) is 7.73. The molecule has 5 rings (SSSR count). The molecular formula is C32H29N5P+. The van der Waals surface area contributed by atoms with Crippen molar-refractivity contribution in [1.82, 2.24) is 9.97 Å². The van der Waals surface area contributed by atoms with Crippen LogP contribution >= 0.6 is 7.92 Å². The van der Waals surface area contributed by atoms with Crippen LogP contribution in [0.25, 0.3) is 0 Å². The van der Waals surface area contributed by atoms with E-state index in [1.807, 2.05) is 18.2 Å². The summed E-state index contributed by atoms with van der Waals surface area (Å²) in [5, 5.41) is 18.6. The zero-order valence-electron chi connectivity index (χ0n) is 21.4. The maximum Gasteiger partial charge on any atom is 0.229 e. The van der Waals surface area contributed by atoms with Gasteiger partial charge in [-0.3, -0.25) is 0 Å². The van der Waals surface area contributed by atoms with Gasteiger partial charge in [0.25, 0.3) is 0 Å². The van der Waals surface area contributed by atoms with Gasteiger partial charge in [0.2, 0.25) is 5.95 Å². The predicted octanol–water partition coefficient (Wildman–Crippen LogP) is 6.82. The molecule has 0 spiro atoms. The Morgan fingerprint density at radius 3 is 1.95 bits per heavy atom. The molecule has 0 radical (unpaired) electrons. The van der Waals surface area contributed by atoms with Crippen LogP contribution in [0.4, 0.5) is 23.1 Å². The van der Waals surface area contributed by atoms with Crippen LogP contribution in [-0.2, 0) is 6.16 Å². The lowest BCUT2D eigenvalue weighted by Crippen LogP contribution is -2.13. The average Bonchev–Trinajstić information content (AvgIpc) is 2.95. The first-order valence-electron chi connectivity index (χ1n) is 12.5. The molecule has 2 N–H and O–H groups in total. The fourth-order valence-corrected chi connectivity index (χ4v) is 7.12. The Labute approximate surface area is 225 Å². The number of aromatic nitrogens is 2. The molecule has 0 saturated carbocycles. The van der Waals surface area contributed by atoms with Gasteiger partial charge in [-0.2, -0.15) is 10.2 Å². The highest BCUT2D eigenvalue weighted by Gasteiger charge is 2.23. The van der Waals surface area contributed by atoms with Crippen LogP contribution in [0.3, 0.4) is 0 Å². The zero-order chi connectivity index (χ0) is 26.3. The number of nitrogens with zero attached hydrogens (tertiary/aromatic N) is 3. The maximum absolute atomic E-state index is 9.00. The van der Waals surface area contributed by atoms with Crippen LogP contribution in [0.15, 0.2) is 109 Å². The first-order chi connectivity index (χ1) is 18.6. The third-order valence-electron chi connectivity index (χ3n) is 6.40. The molecule has 4 aromatic carbocycles. The molecule has 0 saturated heterocycles. The Morgan fingerprint density at radius 1 is 0.763 bits per heavy atom. The van der Waals surface area contributed by atoms with E-state index in [0.29, 0.717) is 17.3 Å². The SMILES string of the molecule is Cc1cc(C[PH+](c2ccccc2)c2ccccc2)cc(C)c1Nc1ccnc(Nc2ccc(C#N)cc2)n1. The highest BCUT2D eigenvalue weighted by Crippen LogP contribution is 2.39. The molecule has 5 aromatic rings. The Bertz CT molecular complexity index is 1500. The van der Waals surface area contributed by atoms with Crippen molar-refractivity contribution in [2.45, 2.75) is 20.0 Å². The second kappa shape index (κ2) is 11.7. The summed E-state index contributed by atoms with van der Waals surface area (Å²) in [5.41, 5.74) is 6.21. The summed E-state index contributed by atoms with van der Waals surface area (Å²) in [4.78, 5) is 8.99. The van der Waals surface area contributed by atoms with Crippen LogP contribution in [-0.4, -0.2) is 9.97 Å². The highest BCUT2D eigenvalue weighted by atomic mass is 31.1. The lowest BCUT2D eigenvalue weighted by atomic mass is 10.1. The number of anilines is 4. The summed E-state index contributed by atoms with van der Waals surface area (Å²) in [7, 11) is -0.963. The van der Waals surface area contributed by atoms with Crippen molar-refractivity contribution in [2.24, 2.45) is 0 Å². The van der Waals surface area contributed by atoms with Gasteiger partial charge in [0.15, 0.2) is 0 Å². The van der Waals surface area contributed by atoms with Gasteiger partial charge in [-0.15, -0.1) is 0 Å². The molecule has 38 heavy (non-hydrogen) atoms. The molecular weight excluding hydrogens is 485 g/mol. The van der Waals surface area contributed by atoms with E-state index >= 15 is 0 Å². The molecule has 186 valence electrons. The molecule has 0 aliphatic carbocycles. The van der Waals surface area contributed by atoms with Crippen LogP contribution in [0, 0.1) is 25.2 Å². The van der Waals surface area contributed by atoms with Gasteiger partial charge >= 0.3 is 0 Å². The number of benzene rings is 4. The van der Waals surface area contributed by atoms with E-state index in [1.54, 1.807) is 18.3 Å². The standard InChI is InChI=1S/C32H28N5P/c1-23-19-26(22-38(28-9-5-3-6-10-28)29-11-7-4-8-12-29)20-24(2)31(23)36-30-17-18-34-32(37-30)35-27-15-13-25(21-33)14-16-27/h3-20H,22H2,1-2H3,(H2,34,35,36,37)/p+1. The lowest BCUT2D eigenvalue weighted by molar-refractivity contribution is 1.16. The minimum atomic E-state index is -0.963. The van der Waals surface area contributed by atoms with Crippen molar-refractivity contribution in [2.75, 3.05) is 10.6 Å². The number of aryl methyl sites for hydroxylation is 2. The second-order valence-corrected chi connectivity index (χ2v) is 11.7. The monoisotopic (exact) mass is 514 g/mol. The fraction of sp³-hybridized carbons (Fsp3) is 0.0938. The number of rotatable bonds is 8. The van der Waals surface area contributed by atoms with Crippen molar-refractivity contribution in [3.05, 3.63) is 132 Å². The summed E-state index contributed by atoms with van der Waals surface area (Å²) < 4.78 is 0. The molecule has 0 unspecified atom stereocenters. The van der Waals surface area contributed by atoms with Gasteiger partial charge in [-0.05, 0) is 85.1 Å². The highest BCUT2D eigenvalue weighted by molar-refractivity contribution is 7.72. The molecule has 0 aliphatic heterocycles. The first-order valence-corrected chi connectivity index (χ1v) is 14.2. The topological polar surface area (TPSA) is 73.6 Å². The number of hydrogen-bond donors (Lipinski definition) is 2. The summed E-state index contributed by atoms with van der Waals surface area (Å²) in [5.74, 6) is 1.21. The van der Waals surface area contributed by atoms with Crippen molar-refractivity contribution in [3.63, 3.8) is 0 Å². The van der Waals surface area contributed by atoms with Crippen molar-refractivity contribution < 1.29 is 0 Å². The number of hydrogen-bond acceptors (Lipinski definition) is 5. The van der Waals surface area contributed by atoms with E-state index in [0.717, 1.165) is 17.5 Å². The van der Waals surface area contributed by atoms with Gasteiger partial charge < -0.3 is 10.6 Å². The van der Waals surface area contributed by atoms with Crippen LogP contribution in [0.1, 0.15) is 22.3 Å². The minimum absolute atomic E-state index is 0.490. The van der Waals surface area contributed by atoms with Gasteiger partial charge in [-0.1, -0.05) is 48.5 Å². The molecule has 5 nitrogen and oxygen atoms in total. The molecule has 1 heterocycles. The van der Waals surface area contributed by atoms with Gasteiger partial charge in [0.1, 0.15) is 5.82 Å². The van der Waals surface area contributed by atoms with Crippen LogP contribution in [0.5, 0.6) is 0 Å².